The molecule has 0 heterocycles. The Morgan fingerprint density at radius 3 is 1.50 bits per heavy atom. The average Bonchev–Trinajstić information content (AvgIpc) is 2.86. The Morgan fingerprint density at radius 1 is 0.647 bits per heavy atom. The van der Waals surface area contributed by atoms with Crippen LogP contribution in [0.2, 0.25) is 0 Å². The second-order valence-corrected chi connectivity index (χ2v) is 7.35. The maximum atomic E-state index is 12.4. The molecule has 0 fully saturated rings. The zero-order valence-corrected chi connectivity index (χ0v) is 20.1. The van der Waals surface area contributed by atoms with Crippen molar-refractivity contribution in [2.24, 2.45) is 0 Å². The third-order valence-corrected chi connectivity index (χ3v) is 4.61. The molecule has 0 unspecified atom stereocenters. The molecule has 34 heavy (non-hydrogen) atoms. The first-order valence-corrected chi connectivity index (χ1v) is 11.8. The van der Waals surface area contributed by atoms with Crippen molar-refractivity contribution in [3.63, 3.8) is 0 Å². The van der Waals surface area contributed by atoms with Crippen LogP contribution in [0.5, 0.6) is 0 Å². The lowest BCUT2D eigenvalue weighted by molar-refractivity contribution is 0.0313. The van der Waals surface area contributed by atoms with Gasteiger partial charge in [-0.1, -0.05) is 48.6 Å². The molecule has 1 aromatic carbocycles. The van der Waals surface area contributed by atoms with Crippen molar-refractivity contribution >= 4 is 11.9 Å². The topological polar surface area (TPSA) is 71.1 Å². The number of esters is 2. The zero-order chi connectivity index (χ0) is 24.7. The molecule has 1 rings (SSSR count). The van der Waals surface area contributed by atoms with Crippen molar-refractivity contribution in [2.75, 3.05) is 39.6 Å². The number of carbonyl (C=O) groups excluding carboxylic acids is 2. The van der Waals surface area contributed by atoms with Crippen LogP contribution in [0.1, 0.15) is 59.2 Å². The van der Waals surface area contributed by atoms with Gasteiger partial charge in [0, 0.05) is 0 Å². The van der Waals surface area contributed by atoms with E-state index in [1.807, 2.05) is 24.3 Å². The van der Waals surface area contributed by atoms with Gasteiger partial charge in [0.2, 0.25) is 0 Å². The summed E-state index contributed by atoms with van der Waals surface area (Å²) in [5.74, 6) is -1.18. The summed E-state index contributed by atoms with van der Waals surface area (Å²) in [7, 11) is 0. The van der Waals surface area contributed by atoms with Crippen LogP contribution in [0.25, 0.3) is 0 Å². The third-order valence-electron chi connectivity index (χ3n) is 4.61. The summed E-state index contributed by atoms with van der Waals surface area (Å²) in [6.45, 7) is 9.04. The van der Waals surface area contributed by atoms with E-state index in [-0.39, 0.29) is 37.6 Å². The molecular weight excluding hydrogens is 432 g/mol. The monoisotopic (exact) mass is 470 g/mol. The Kier molecular flexibility index (Phi) is 17.6. The van der Waals surface area contributed by atoms with Crippen LogP contribution >= 0.6 is 0 Å². The summed E-state index contributed by atoms with van der Waals surface area (Å²) in [6, 6.07) is 6.43. The van der Waals surface area contributed by atoms with Crippen molar-refractivity contribution in [3.8, 4) is 0 Å². The average molecular weight is 471 g/mol. The van der Waals surface area contributed by atoms with Gasteiger partial charge in [-0.05, 0) is 50.7 Å². The fourth-order valence-electron chi connectivity index (χ4n) is 2.82. The van der Waals surface area contributed by atoms with Gasteiger partial charge in [0.15, 0.2) is 0 Å². The van der Waals surface area contributed by atoms with E-state index in [9.17, 15) is 9.59 Å². The molecule has 0 aromatic heterocycles. The minimum Gasteiger partial charge on any atom is -0.460 e. The maximum absolute atomic E-state index is 12.4. The molecule has 0 saturated carbocycles. The van der Waals surface area contributed by atoms with Gasteiger partial charge >= 0.3 is 11.9 Å². The summed E-state index contributed by atoms with van der Waals surface area (Å²) >= 11 is 0. The molecule has 0 aliphatic rings. The van der Waals surface area contributed by atoms with Gasteiger partial charge in [-0.3, -0.25) is 0 Å². The van der Waals surface area contributed by atoms with E-state index in [0.29, 0.717) is 13.2 Å². The Hall–Kier alpha value is -2.96. The number of hydrogen-bond donors (Lipinski definition) is 0. The second-order valence-electron chi connectivity index (χ2n) is 7.35. The second kappa shape index (κ2) is 20.6. The van der Waals surface area contributed by atoms with E-state index >= 15 is 0 Å². The van der Waals surface area contributed by atoms with E-state index in [4.69, 9.17) is 18.9 Å². The van der Waals surface area contributed by atoms with Crippen molar-refractivity contribution in [1.82, 2.24) is 0 Å². The molecule has 0 atom stereocenters. The van der Waals surface area contributed by atoms with E-state index in [1.54, 1.807) is 24.3 Å². The number of ether oxygens (including phenoxy) is 4. The van der Waals surface area contributed by atoms with Gasteiger partial charge in [0.25, 0.3) is 0 Å². The van der Waals surface area contributed by atoms with Crippen LogP contribution in [-0.4, -0.2) is 51.6 Å². The molecule has 0 aliphatic carbocycles. The highest BCUT2D eigenvalue weighted by Crippen LogP contribution is 2.12. The largest absolute Gasteiger partial charge is 0.460 e. The van der Waals surface area contributed by atoms with E-state index < -0.39 is 11.9 Å². The van der Waals surface area contributed by atoms with E-state index in [2.05, 4.69) is 25.3 Å². The summed E-state index contributed by atoms with van der Waals surface area (Å²) in [4.78, 5) is 24.8. The van der Waals surface area contributed by atoms with Crippen LogP contribution < -0.4 is 0 Å². The minimum absolute atomic E-state index is 0.0987. The molecule has 0 spiro atoms. The summed E-state index contributed by atoms with van der Waals surface area (Å²) in [5, 5.41) is 0. The highest BCUT2D eigenvalue weighted by Gasteiger charge is 2.18. The van der Waals surface area contributed by atoms with Gasteiger partial charge in [-0.2, -0.15) is 0 Å². The molecule has 0 amide bonds. The first-order valence-electron chi connectivity index (χ1n) is 11.8. The minimum atomic E-state index is -0.589. The van der Waals surface area contributed by atoms with Crippen molar-refractivity contribution < 1.29 is 28.5 Å². The zero-order valence-electron chi connectivity index (χ0n) is 20.1. The third kappa shape index (κ3) is 14.2. The van der Waals surface area contributed by atoms with Crippen molar-refractivity contribution in [2.45, 2.75) is 38.5 Å². The molecule has 6 heteroatoms. The highest BCUT2D eigenvalue weighted by molar-refractivity contribution is 6.03. The predicted molar refractivity (Wildman–Crippen MR) is 135 cm³/mol. The lowest BCUT2D eigenvalue weighted by atomic mass is 10.1. The van der Waals surface area contributed by atoms with Gasteiger partial charge in [0.1, 0.15) is 13.2 Å². The van der Waals surface area contributed by atoms with Crippen LogP contribution in [0.3, 0.4) is 0 Å². The van der Waals surface area contributed by atoms with Gasteiger partial charge in [-0.15, -0.1) is 13.2 Å². The molecule has 1 aromatic rings. The lowest BCUT2D eigenvalue weighted by Crippen LogP contribution is -2.17. The maximum Gasteiger partial charge on any atom is 0.339 e. The number of allylic oxidation sites excluding steroid dienone is 4. The summed E-state index contributed by atoms with van der Waals surface area (Å²) < 4.78 is 21.3. The van der Waals surface area contributed by atoms with Crippen LogP contribution in [0.4, 0.5) is 0 Å². The number of benzene rings is 1. The number of unbranched alkanes of at least 4 members (excludes halogenated alkanes) is 4. The Bertz CT molecular complexity index is 716. The summed E-state index contributed by atoms with van der Waals surface area (Å²) in [6.07, 6.45) is 17.9. The number of hydrogen-bond acceptors (Lipinski definition) is 6. The molecule has 6 nitrogen and oxygen atoms in total. The Morgan fingerprint density at radius 2 is 1.09 bits per heavy atom. The summed E-state index contributed by atoms with van der Waals surface area (Å²) in [5.41, 5.74) is 0.330. The van der Waals surface area contributed by atoms with Gasteiger partial charge < -0.3 is 18.9 Å². The van der Waals surface area contributed by atoms with Gasteiger partial charge in [-0.25, -0.2) is 9.59 Å². The molecule has 186 valence electrons. The van der Waals surface area contributed by atoms with Crippen molar-refractivity contribution in [3.05, 3.63) is 85.0 Å². The smallest absolute Gasteiger partial charge is 0.339 e. The quantitative estimate of drug-likeness (QED) is 0.135. The van der Waals surface area contributed by atoms with Crippen LogP contribution in [-0.2, 0) is 18.9 Å². The molecule has 0 saturated heterocycles. The highest BCUT2D eigenvalue weighted by atomic mass is 16.6. The molecule has 0 radical (unpaired) electrons. The number of rotatable bonds is 20. The molecule has 0 bridgehead atoms. The predicted octanol–water partition coefficient (Wildman–Crippen LogP) is 5.86. The Balaban J connectivity index is 2.27. The molecule has 0 N–H and O–H groups in total. The first kappa shape index (κ1) is 29.1. The standard InChI is InChI=1S/C28H38O6/c1-3-5-7-9-11-15-19-31-21-23-33-27(29)25-17-13-14-18-26(25)28(30)34-24-22-32-20-16-12-10-8-6-4-2/h3-4,11-18H,1-2,5-10,19-24H2. The fourth-order valence-corrected chi connectivity index (χ4v) is 2.82. The van der Waals surface area contributed by atoms with Gasteiger partial charge in [0.05, 0.1) is 37.6 Å². The van der Waals surface area contributed by atoms with E-state index in [1.165, 1.54) is 0 Å². The molecule has 0 aliphatic heterocycles. The Labute approximate surface area is 203 Å². The van der Waals surface area contributed by atoms with Crippen LogP contribution in [0.15, 0.2) is 73.9 Å². The fraction of sp³-hybridized carbons (Fsp3) is 0.429. The first-order chi connectivity index (χ1) is 16.7. The van der Waals surface area contributed by atoms with E-state index in [0.717, 1.165) is 38.5 Å². The molecular formula is C28H38O6. The van der Waals surface area contributed by atoms with Crippen LogP contribution in [0, 0.1) is 0 Å². The SMILES string of the molecule is C=CCCCC=CCOCCOC(=O)c1ccccc1C(=O)OCCOCC=CCCCC=C. The normalized spacial score (nSPS) is 11.1. The lowest BCUT2D eigenvalue weighted by Gasteiger charge is -2.10. The van der Waals surface area contributed by atoms with Crippen molar-refractivity contribution in [1.29, 1.82) is 0 Å². The number of carbonyl (C=O) groups is 2.